The van der Waals surface area contributed by atoms with E-state index in [1.807, 2.05) is 0 Å². The van der Waals surface area contributed by atoms with Crippen molar-refractivity contribution < 1.29 is 23.7 Å². The third-order valence-corrected chi connectivity index (χ3v) is 3.21. The summed E-state index contributed by atoms with van der Waals surface area (Å²) in [6.07, 6.45) is 4.41. The molecule has 0 rings (SSSR count). The number of ether oxygens (including phenoxy) is 4. The van der Waals surface area contributed by atoms with Gasteiger partial charge in [-0.2, -0.15) is 5.10 Å². The number of rotatable bonds is 19. The van der Waals surface area contributed by atoms with Crippen LogP contribution in [0.4, 0.5) is 0 Å². The molecule has 9 nitrogen and oxygen atoms in total. The molecule has 3 N–H and O–H groups in total. The fourth-order valence-corrected chi connectivity index (χ4v) is 1.85. The van der Waals surface area contributed by atoms with Crippen molar-refractivity contribution in [1.29, 1.82) is 0 Å². The summed E-state index contributed by atoms with van der Waals surface area (Å²) in [5, 5.41) is 6.39. The number of nitrogens with one attached hydrogen (secondary N) is 1. The van der Waals surface area contributed by atoms with Gasteiger partial charge in [-0.3, -0.25) is 9.79 Å². The Hall–Kier alpha value is -1.55. The van der Waals surface area contributed by atoms with Crippen molar-refractivity contribution in [2.45, 2.75) is 33.1 Å². The number of carbonyl (C=O) groups is 1. The number of hydrazone groups is 1. The van der Waals surface area contributed by atoms with E-state index in [2.05, 4.69) is 22.3 Å². The highest BCUT2D eigenvalue weighted by Gasteiger charge is 1.97. The third kappa shape index (κ3) is 20.6. The Morgan fingerprint density at radius 2 is 1.56 bits per heavy atom. The van der Waals surface area contributed by atoms with Gasteiger partial charge in [0.25, 0.3) is 0 Å². The van der Waals surface area contributed by atoms with E-state index in [-0.39, 0.29) is 5.91 Å². The van der Waals surface area contributed by atoms with Crippen molar-refractivity contribution in [1.82, 2.24) is 5.32 Å². The summed E-state index contributed by atoms with van der Waals surface area (Å²) >= 11 is 0. The second-order valence-corrected chi connectivity index (χ2v) is 5.74. The van der Waals surface area contributed by atoms with E-state index in [9.17, 15) is 4.79 Å². The van der Waals surface area contributed by atoms with E-state index < -0.39 is 0 Å². The zero-order valence-corrected chi connectivity index (χ0v) is 16.8. The number of carbonyl (C=O) groups excluding carboxylic acids is 1. The van der Waals surface area contributed by atoms with E-state index in [1.54, 1.807) is 6.21 Å². The van der Waals surface area contributed by atoms with Crippen LogP contribution in [-0.4, -0.2) is 83.8 Å². The Bertz CT molecular complexity index is 405. The Morgan fingerprint density at radius 1 is 0.963 bits per heavy atom. The molecule has 158 valence electrons. The van der Waals surface area contributed by atoms with E-state index in [0.29, 0.717) is 65.0 Å². The fourth-order valence-electron chi connectivity index (χ4n) is 1.85. The van der Waals surface area contributed by atoms with E-state index in [1.165, 1.54) is 6.92 Å². The van der Waals surface area contributed by atoms with Crippen LogP contribution in [0.1, 0.15) is 33.1 Å². The minimum Gasteiger partial charge on any atom is -0.379 e. The van der Waals surface area contributed by atoms with Crippen LogP contribution in [0, 0.1) is 0 Å². The summed E-state index contributed by atoms with van der Waals surface area (Å²) in [5.41, 5.74) is 0.576. The Balaban J connectivity index is 3.43. The SMILES string of the molecule is CCCOCCOCCOCCOCC(C=NCCCCNC(C)=O)=NN. The first-order chi connectivity index (χ1) is 13.2. The number of hydrogen-bond acceptors (Lipinski definition) is 8. The van der Waals surface area contributed by atoms with E-state index in [0.717, 1.165) is 25.9 Å². The molecular formula is C18H36N4O5. The normalized spacial score (nSPS) is 12.0. The first kappa shape index (κ1) is 25.4. The number of nitrogens with two attached hydrogens (primary N) is 1. The highest BCUT2D eigenvalue weighted by Crippen LogP contribution is 1.89. The summed E-state index contributed by atoms with van der Waals surface area (Å²) in [5.74, 6) is 5.31. The standard InChI is InChI=1S/C18H36N4O5/c1-3-8-24-9-10-25-11-12-26-13-14-27-16-18(22-19)15-20-6-4-5-7-21-17(2)23/h15H,3-14,16,19H2,1-2H3,(H,21,23). The van der Waals surface area contributed by atoms with Gasteiger partial charge < -0.3 is 30.1 Å². The molecule has 0 aliphatic rings. The predicted molar refractivity (Wildman–Crippen MR) is 106 cm³/mol. The molecule has 0 heterocycles. The van der Waals surface area contributed by atoms with Crippen LogP contribution in [0.15, 0.2) is 10.1 Å². The quantitative estimate of drug-likeness (QED) is 0.146. The van der Waals surface area contributed by atoms with Gasteiger partial charge in [0.2, 0.25) is 5.91 Å². The zero-order valence-electron chi connectivity index (χ0n) is 16.8. The Kier molecular flexibility index (Phi) is 19.6. The summed E-state index contributed by atoms with van der Waals surface area (Å²) < 4.78 is 21.5. The van der Waals surface area contributed by atoms with Gasteiger partial charge in [0, 0.05) is 32.8 Å². The summed E-state index contributed by atoms with van der Waals surface area (Å²) in [7, 11) is 0. The summed E-state index contributed by atoms with van der Waals surface area (Å²) in [6, 6.07) is 0. The van der Waals surface area contributed by atoms with Gasteiger partial charge in [-0.15, -0.1) is 0 Å². The van der Waals surface area contributed by atoms with Crippen LogP contribution in [0.25, 0.3) is 0 Å². The molecule has 0 aliphatic heterocycles. The van der Waals surface area contributed by atoms with E-state index >= 15 is 0 Å². The molecule has 0 aromatic carbocycles. The third-order valence-electron chi connectivity index (χ3n) is 3.21. The van der Waals surface area contributed by atoms with E-state index in [4.69, 9.17) is 24.8 Å². The number of aliphatic imine (C=N–C) groups is 1. The molecule has 0 radical (unpaired) electrons. The molecule has 0 unspecified atom stereocenters. The molecule has 0 spiro atoms. The van der Waals surface area contributed by atoms with Gasteiger partial charge in [-0.25, -0.2) is 0 Å². The van der Waals surface area contributed by atoms with Crippen LogP contribution >= 0.6 is 0 Å². The monoisotopic (exact) mass is 388 g/mol. The topological polar surface area (TPSA) is 117 Å². The Morgan fingerprint density at radius 3 is 2.11 bits per heavy atom. The number of hydrogen-bond donors (Lipinski definition) is 2. The molecule has 0 aromatic rings. The fraction of sp³-hybridized carbons (Fsp3) is 0.833. The molecule has 0 aromatic heterocycles. The van der Waals surface area contributed by atoms with Crippen molar-refractivity contribution in [3.63, 3.8) is 0 Å². The minimum atomic E-state index is -0.0123. The maximum absolute atomic E-state index is 10.7. The molecule has 0 atom stereocenters. The molecule has 1 amide bonds. The summed E-state index contributed by atoms with van der Waals surface area (Å²) in [6.45, 7) is 9.17. The lowest BCUT2D eigenvalue weighted by Crippen LogP contribution is -2.20. The molecule has 9 heteroatoms. The first-order valence-corrected chi connectivity index (χ1v) is 9.52. The molecule has 0 fully saturated rings. The lowest BCUT2D eigenvalue weighted by molar-refractivity contribution is -0.118. The molecule has 0 saturated heterocycles. The molecule has 27 heavy (non-hydrogen) atoms. The largest absolute Gasteiger partial charge is 0.379 e. The highest BCUT2D eigenvalue weighted by atomic mass is 16.6. The van der Waals surface area contributed by atoms with Crippen LogP contribution in [0.5, 0.6) is 0 Å². The van der Waals surface area contributed by atoms with Crippen LogP contribution in [0.3, 0.4) is 0 Å². The predicted octanol–water partition coefficient (Wildman–Crippen LogP) is 0.765. The van der Waals surface area contributed by atoms with Gasteiger partial charge in [0.1, 0.15) is 5.71 Å². The molecular weight excluding hydrogens is 352 g/mol. The lowest BCUT2D eigenvalue weighted by Gasteiger charge is -2.07. The maximum atomic E-state index is 10.7. The van der Waals surface area contributed by atoms with Crippen LogP contribution in [0.2, 0.25) is 0 Å². The van der Waals surface area contributed by atoms with Gasteiger partial charge in [-0.1, -0.05) is 6.92 Å². The zero-order chi connectivity index (χ0) is 20.0. The Labute approximate surface area is 162 Å². The lowest BCUT2D eigenvalue weighted by atomic mass is 10.3. The second-order valence-electron chi connectivity index (χ2n) is 5.74. The van der Waals surface area contributed by atoms with Gasteiger partial charge in [0.15, 0.2) is 0 Å². The van der Waals surface area contributed by atoms with Gasteiger partial charge in [-0.05, 0) is 19.3 Å². The molecule has 0 saturated carbocycles. The average molecular weight is 389 g/mol. The smallest absolute Gasteiger partial charge is 0.216 e. The molecule has 0 bridgehead atoms. The second kappa shape index (κ2) is 20.8. The first-order valence-electron chi connectivity index (χ1n) is 9.52. The maximum Gasteiger partial charge on any atom is 0.216 e. The van der Waals surface area contributed by atoms with Crippen molar-refractivity contribution in [2.75, 3.05) is 65.9 Å². The van der Waals surface area contributed by atoms with Crippen molar-refractivity contribution in [3.05, 3.63) is 0 Å². The average Bonchev–Trinajstić information content (AvgIpc) is 2.66. The summed E-state index contributed by atoms with van der Waals surface area (Å²) in [4.78, 5) is 15.0. The van der Waals surface area contributed by atoms with Crippen molar-refractivity contribution >= 4 is 17.8 Å². The number of amides is 1. The van der Waals surface area contributed by atoms with Crippen molar-refractivity contribution in [3.8, 4) is 0 Å². The number of unbranched alkanes of at least 4 members (excludes halogenated alkanes) is 1. The number of nitrogens with zero attached hydrogens (tertiary/aromatic N) is 2. The minimum absolute atomic E-state index is 0.0123. The van der Waals surface area contributed by atoms with Gasteiger partial charge >= 0.3 is 0 Å². The van der Waals surface area contributed by atoms with Crippen LogP contribution in [-0.2, 0) is 23.7 Å². The highest BCUT2D eigenvalue weighted by molar-refractivity contribution is 6.31. The van der Waals surface area contributed by atoms with Crippen LogP contribution < -0.4 is 11.2 Å². The van der Waals surface area contributed by atoms with Crippen molar-refractivity contribution in [2.24, 2.45) is 15.9 Å². The van der Waals surface area contributed by atoms with Gasteiger partial charge in [0.05, 0.1) is 46.2 Å². The molecule has 0 aliphatic carbocycles.